The average molecular weight is 253 g/mol. The quantitative estimate of drug-likeness (QED) is 0.474. The number of carbonyl (C=O) groups excluding carboxylic acids is 1. The molecule has 1 heterocycles. The summed E-state index contributed by atoms with van der Waals surface area (Å²) in [5.41, 5.74) is 0.518. The van der Waals surface area contributed by atoms with Crippen LogP contribution in [0.3, 0.4) is 0 Å². The summed E-state index contributed by atoms with van der Waals surface area (Å²) >= 11 is 1.41. The lowest BCUT2D eigenvalue weighted by Crippen LogP contribution is -2.30. The van der Waals surface area contributed by atoms with Gasteiger partial charge in [-0.05, 0) is 25.3 Å². The molecule has 2 N–H and O–H groups in total. The number of nitrogens with zero attached hydrogens (tertiary/aromatic N) is 1. The number of thioether (sulfide) groups is 1. The maximum atomic E-state index is 11.8. The van der Waals surface area contributed by atoms with Crippen molar-refractivity contribution in [3.63, 3.8) is 0 Å². The van der Waals surface area contributed by atoms with Gasteiger partial charge in [0.15, 0.2) is 5.90 Å². The first-order valence-corrected chi connectivity index (χ1v) is 6.39. The van der Waals surface area contributed by atoms with Crippen LogP contribution < -0.4 is 5.32 Å². The van der Waals surface area contributed by atoms with Crippen LogP contribution in [0.1, 0.15) is 17.3 Å². The zero-order valence-electron chi connectivity index (χ0n) is 9.82. The maximum Gasteiger partial charge on any atom is 0.254 e. The van der Waals surface area contributed by atoms with Gasteiger partial charge in [-0.1, -0.05) is 0 Å². The fourth-order valence-corrected chi connectivity index (χ4v) is 1.75. The minimum absolute atomic E-state index is 0.0513. The lowest BCUT2D eigenvalue weighted by Gasteiger charge is -2.08. The van der Waals surface area contributed by atoms with Crippen LogP contribution in [0.5, 0.6) is 0 Å². The third-order valence-electron chi connectivity index (χ3n) is 1.94. The van der Waals surface area contributed by atoms with Crippen molar-refractivity contribution in [2.75, 3.05) is 19.4 Å². The van der Waals surface area contributed by atoms with Gasteiger partial charge in [0.1, 0.15) is 5.03 Å². The molecule has 0 aliphatic heterocycles. The summed E-state index contributed by atoms with van der Waals surface area (Å²) < 4.78 is 4.93. The van der Waals surface area contributed by atoms with E-state index < -0.39 is 0 Å². The van der Waals surface area contributed by atoms with Gasteiger partial charge in [0.25, 0.3) is 5.91 Å². The van der Waals surface area contributed by atoms with E-state index in [1.165, 1.54) is 11.8 Å². The Balaban J connectivity index is 2.61. The molecule has 0 spiro atoms. The molecule has 1 rings (SSSR count). The first-order valence-electron chi connectivity index (χ1n) is 5.16. The van der Waals surface area contributed by atoms with Crippen LogP contribution in [0.4, 0.5) is 0 Å². The minimum Gasteiger partial charge on any atom is -0.480 e. The first-order chi connectivity index (χ1) is 8.19. The average Bonchev–Trinajstić information content (AvgIpc) is 2.36. The summed E-state index contributed by atoms with van der Waals surface area (Å²) in [5.74, 6) is -0.192. The van der Waals surface area contributed by atoms with E-state index in [0.717, 1.165) is 0 Å². The highest BCUT2D eigenvalue weighted by Gasteiger charge is 2.11. The molecule has 0 saturated heterocycles. The fourth-order valence-electron chi connectivity index (χ4n) is 1.21. The molecule has 0 aliphatic rings. The second kappa shape index (κ2) is 6.90. The van der Waals surface area contributed by atoms with Crippen LogP contribution in [-0.2, 0) is 4.74 Å². The second-order valence-corrected chi connectivity index (χ2v) is 3.89. The summed E-state index contributed by atoms with van der Waals surface area (Å²) in [4.78, 5) is 15.9. The van der Waals surface area contributed by atoms with Gasteiger partial charge in [0, 0.05) is 6.20 Å². The van der Waals surface area contributed by atoms with Crippen LogP contribution in [0.15, 0.2) is 23.4 Å². The predicted molar refractivity (Wildman–Crippen MR) is 67.7 cm³/mol. The molecule has 92 valence electrons. The first kappa shape index (κ1) is 13.5. The second-order valence-electron chi connectivity index (χ2n) is 3.10. The smallest absolute Gasteiger partial charge is 0.254 e. The van der Waals surface area contributed by atoms with Crippen molar-refractivity contribution < 1.29 is 9.53 Å². The molecule has 0 aromatic carbocycles. The molecular weight excluding hydrogens is 238 g/mol. The lowest BCUT2D eigenvalue weighted by atomic mass is 10.2. The van der Waals surface area contributed by atoms with Gasteiger partial charge < -0.3 is 10.1 Å². The Hall–Kier alpha value is -1.56. The van der Waals surface area contributed by atoms with Crippen LogP contribution in [0, 0.1) is 5.41 Å². The van der Waals surface area contributed by atoms with Crippen molar-refractivity contribution in [1.29, 1.82) is 5.41 Å². The molecule has 0 saturated carbocycles. The Bertz CT molecular complexity index is 409. The number of ether oxygens (including phenoxy) is 1. The third-order valence-corrected chi connectivity index (χ3v) is 2.65. The van der Waals surface area contributed by atoms with Crippen molar-refractivity contribution in [3.05, 3.63) is 23.9 Å². The maximum absolute atomic E-state index is 11.8. The largest absolute Gasteiger partial charge is 0.480 e. The number of amides is 1. The zero-order valence-corrected chi connectivity index (χ0v) is 10.6. The predicted octanol–water partition coefficient (Wildman–Crippen LogP) is 1.55. The van der Waals surface area contributed by atoms with E-state index in [4.69, 9.17) is 10.1 Å². The van der Waals surface area contributed by atoms with Crippen molar-refractivity contribution in [1.82, 2.24) is 10.3 Å². The molecule has 1 amide bonds. The normalized spacial score (nSPS) is 9.76. The Kier molecular flexibility index (Phi) is 5.48. The Morgan fingerprint density at radius 2 is 2.41 bits per heavy atom. The summed E-state index contributed by atoms with van der Waals surface area (Å²) in [7, 11) is 0. The minimum atomic E-state index is -0.244. The van der Waals surface area contributed by atoms with Crippen LogP contribution >= 0.6 is 11.8 Å². The van der Waals surface area contributed by atoms with Gasteiger partial charge in [-0.25, -0.2) is 4.98 Å². The van der Waals surface area contributed by atoms with Gasteiger partial charge >= 0.3 is 0 Å². The highest BCUT2D eigenvalue weighted by molar-refractivity contribution is 7.98. The summed E-state index contributed by atoms with van der Waals surface area (Å²) in [6.45, 7) is 2.32. The highest BCUT2D eigenvalue weighted by atomic mass is 32.2. The molecule has 0 unspecified atom stereocenters. The topological polar surface area (TPSA) is 75.1 Å². The Morgan fingerprint density at radius 1 is 1.65 bits per heavy atom. The highest BCUT2D eigenvalue weighted by Crippen LogP contribution is 2.16. The zero-order chi connectivity index (χ0) is 12.7. The van der Waals surface area contributed by atoms with Crippen molar-refractivity contribution in [2.45, 2.75) is 11.9 Å². The number of nitrogens with one attached hydrogen (secondary N) is 2. The van der Waals surface area contributed by atoms with E-state index in [1.54, 1.807) is 25.3 Å². The number of rotatable bonds is 5. The van der Waals surface area contributed by atoms with E-state index in [0.29, 0.717) is 17.2 Å². The van der Waals surface area contributed by atoms with Crippen molar-refractivity contribution in [2.24, 2.45) is 0 Å². The molecule has 17 heavy (non-hydrogen) atoms. The molecule has 1 aromatic heterocycles. The van der Waals surface area contributed by atoms with Gasteiger partial charge in [-0.2, -0.15) is 0 Å². The van der Waals surface area contributed by atoms with E-state index in [9.17, 15) is 4.79 Å². The van der Waals surface area contributed by atoms with E-state index in [1.807, 2.05) is 6.26 Å². The van der Waals surface area contributed by atoms with Gasteiger partial charge in [-0.15, -0.1) is 11.8 Å². The molecule has 6 heteroatoms. The monoisotopic (exact) mass is 253 g/mol. The van der Waals surface area contributed by atoms with E-state index in [-0.39, 0.29) is 18.3 Å². The van der Waals surface area contributed by atoms with E-state index in [2.05, 4.69) is 10.3 Å². The molecule has 1 aromatic rings. The van der Waals surface area contributed by atoms with Crippen LogP contribution in [0.2, 0.25) is 0 Å². The van der Waals surface area contributed by atoms with Crippen LogP contribution in [0.25, 0.3) is 0 Å². The summed E-state index contributed by atoms with van der Waals surface area (Å²) in [6, 6.07) is 3.42. The number of carbonyl (C=O) groups is 1. The number of aromatic nitrogens is 1. The Labute approximate surface area is 104 Å². The molecule has 0 radical (unpaired) electrons. The van der Waals surface area contributed by atoms with Crippen molar-refractivity contribution in [3.8, 4) is 0 Å². The molecule has 5 nitrogen and oxygen atoms in total. The lowest BCUT2D eigenvalue weighted by molar-refractivity contribution is 0.0953. The van der Waals surface area contributed by atoms with Crippen molar-refractivity contribution >= 4 is 23.6 Å². The molecule has 0 fully saturated rings. The SMILES string of the molecule is CCOC(=N)CNC(=O)c1cccnc1SC. The number of pyridine rings is 1. The Morgan fingerprint density at radius 3 is 3.06 bits per heavy atom. The summed E-state index contributed by atoms with van der Waals surface area (Å²) in [6.07, 6.45) is 3.51. The van der Waals surface area contributed by atoms with Crippen LogP contribution in [-0.4, -0.2) is 36.2 Å². The number of hydrogen-bond acceptors (Lipinski definition) is 5. The molecular formula is C11H15N3O2S. The standard InChI is InChI=1S/C11H15N3O2S/c1-3-16-9(12)7-14-10(15)8-5-4-6-13-11(8)17-2/h4-6,12H,3,7H2,1-2H3,(H,14,15). The van der Waals surface area contributed by atoms with Gasteiger partial charge in [0.2, 0.25) is 0 Å². The molecule has 0 atom stereocenters. The molecule has 0 bridgehead atoms. The van der Waals surface area contributed by atoms with E-state index >= 15 is 0 Å². The summed E-state index contributed by atoms with van der Waals surface area (Å²) in [5, 5.41) is 10.7. The van der Waals surface area contributed by atoms with Gasteiger partial charge in [0.05, 0.1) is 18.7 Å². The third kappa shape index (κ3) is 4.07. The fraction of sp³-hybridized carbons (Fsp3) is 0.364. The van der Waals surface area contributed by atoms with Gasteiger partial charge in [-0.3, -0.25) is 10.2 Å². The molecule has 0 aliphatic carbocycles. The number of hydrogen-bond donors (Lipinski definition) is 2.